The molecule has 112 valence electrons. The van der Waals surface area contributed by atoms with E-state index in [9.17, 15) is 14.7 Å². The van der Waals surface area contributed by atoms with Crippen LogP contribution >= 0.6 is 22.9 Å². The van der Waals surface area contributed by atoms with Crippen LogP contribution in [0.1, 0.15) is 10.4 Å². The van der Waals surface area contributed by atoms with Gasteiger partial charge >= 0.3 is 0 Å². The second kappa shape index (κ2) is 5.15. The molecule has 0 bridgehead atoms. The molecule has 0 unspecified atom stereocenters. The van der Waals surface area contributed by atoms with Gasteiger partial charge in [0.15, 0.2) is 5.75 Å². The molecule has 2 aromatic heterocycles. The minimum Gasteiger partial charge on any atom is -0.505 e. The Morgan fingerprint density at radius 1 is 1.36 bits per heavy atom. The fraction of sp³-hybridized carbons (Fsp3) is 0.0667. The fourth-order valence-corrected chi connectivity index (χ4v) is 3.78. The minimum absolute atomic E-state index is 0.381. The number of rotatable bonds is 2. The molecule has 0 fully saturated rings. The number of pyridine rings is 1. The summed E-state index contributed by atoms with van der Waals surface area (Å²) in [5.74, 6) is -1.33. The van der Waals surface area contributed by atoms with Crippen molar-refractivity contribution in [3.63, 3.8) is 0 Å². The first-order valence-electron chi connectivity index (χ1n) is 6.32. The van der Waals surface area contributed by atoms with Gasteiger partial charge in [-0.3, -0.25) is 9.59 Å². The van der Waals surface area contributed by atoms with Gasteiger partial charge in [-0.05, 0) is 12.1 Å². The Morgan fingerprint density at radius 3 is 2.68 bits per heavy atom. The Hall–Kier alpha value is -2.31. The number of carbonyl (C=O) groups is 1. The number of fused-ring (bicyclic) bond motifs is 1. The van der Waals surface area contributed by atoms with Gasteiger partial charge in [-0.1, -0.05) is 29.8 Å². The second-order valence-corrected chi connectivity index (χ2v) is 6.22. The highest BCUT2D eigenvalue weighted by molar-refractivity contribution is 7.22. The molecule has 22 heavy (non-hydrogen) atoms. The molecular formula is C15H11ClN2O3S. The van der Waals surface area contributed by atoms with E-state index in [1.165, 1.54) is 23.0 Å². The molecule has 0 aliphatic heterocycles. The zero-order chi connectivity index (χ0) is 16.0. The summed E-state index contributed by atoms with van der Waals surface area (Å²) in [5, 5.41) is 10.8. The van der Waals surface area contributed by atoms with E-state index >= 15 is 0 Å². The van der Waals surface area contributed by atoms with Crippen LogP contribution in [0.4, 0.5) is 0 Å². The molecule has 5 nitrogen and oxygen atoms in total. The van der Waals surface area contributed by atoms with E-state index in [-0.39, 0.29) is 5.75 Å². The molecule has 0 saturated carbocycles. The van der Waals surface area contributed by atoms with Gasteiger partial charge in [-0.15, -0.1) is 11.3 Å². The molecule has 2 heterocycles. The first-order valence-corrected chi connectivity index (χ1v) is 7.51. The van der Waals surface area contributed by atoms with Crippen molar-refractivity contribution in [2.75, 3.05) is 0 Å². The van der Waals surface area contributed by atoms with E-state index in [0.717, 1.165) is 10.4 Å². The van der Waals surface area contributed by atoms with Gasteiger partial charge in [0.05, 0.1) is 10.2 Å². The van der Waals surface area contributed by atoms with Crippen LogP contribution < -0.4 is 11.3 Å². The predicted molar refractivity (Wildman–Crippen MR) is 87.7 cm³/mol. The van der Waals surface area contributed by atoms with E-state index < -0.39 is 17.0 Å². The summed E-state index contributed by atoms with van der Waals surface area (Å²) in [5.41, 5.74) is 5.47. The van der Waals surface area contributed by atoms with Crippen LogP contribution in [0.2, 0.25) is 5.02 Å². The maximum absolute atomic E-state index is 12.1. The van der Waals surface area contributed by atoms with Crippen LogP contribution in [0.5, 0.6) is 5.75 Å². The number of aromatic hydroxyl groups is 1. The summed E-state index contributed by atoms with van der Waals surface area (Å²) < 4.78 is 1.72. The standard InChI is InChI=1S/C15H11ClN2O3S/c1-18-9-6-10(7-4-2-3-5-8(7)16)22-13(9)12(19)11(14(17)20)15(18)21/h2-6,19H,1H3,(H2,17,20). The number of carbonyl (C=O) groups excluding carboxylic acids is 1. The Morgan fingerprint density at radius 2 is 2.05 bits per heavy atom. The average molecular weight is 335 g/mol. The van der Waals surface area contributed by atoms with Gasteiger partial charge in [-0.25, -0.2) is 0 Å². The lowest BCUT2D eigenvalue weighted by molar-refractivity contribution is 0.0996. The lowest BCUT2D eigenvalue weighted by Gasteiger charge is -2.05. The number of halogens is 1. The average Bonchev–Trinajstić information content (AvgIpc) is 2.90. The minimum atomic E-state index is -0.951. The monoisotopic (exact) mass is 334 g/mol. The second-order valence-electron chi connectivity index (χ2n) is 4.76. The highest BCUT2D eigenvalue weighted by Crippen LogP contribution is 2.40. The van der Waals surface area contributed by atoms with Crippen LogP contribution in [0, 0.1) is 0 Å². The molecule has 3 N–H and O–H groups in total. The Balaban J connectivity index is 2.39. The molecule has 1 aromatic carbocycles. The van der Waals surface area contributed by atoms with E-state index in [0.29, 0.717) is 15.2 Å². The van der Waals surface area contributed by atoms with Crippen LogP contribution in [0.3, 0.4) is 0 Å². The summed E-state index contributed by atoms with van der Waals surface area (Å²) in [7, 11) is 1.53. The number of aromatic nitrogens is 1. The summed E-state index contributed by atoms with van der Waals surface area (Å²) in [6, 6.07) is 9.02. The largest absolute Gasteiger partial charge is 0.505 e. The van der Waals surface area contributed by atoms with Crippen LogP contribution in [0.25, 0.3) is 20.7 Å². The number of hydrogen-bond acceptors (Lipinski definition) is 4. The number of benzene rings is 1. The van der Waals surface area contributed by atoms with Crippen molar-refractivity contribution in [1.82, 2.24) is 4.57 Å². The van der Waals surface area contributed by atoms with Gasteiger partial charge in [0.1, 0.15) is 5.56 Å². The predicted octanol–water partition coefficient (Wildman–Crippen LogP) is 2.72. The first-order chi connectivity index (χ1) is 10.4. The third kappa shape index (κ3) is 2.08. The molecule has 0 aliphatic rings. The molecule has 0 atom stereocenters. The summed E-state index contributed by atoms with van der Waals surface area (Å²) >= 11 is 7.42. The van der Waals surface area contributed by atoms with E-state index in [4.69, 9.17) is 17.3 Å². The van der Waals surface area contributed by atoms with Crippen molar-refractivity contribution in [2.24, 2.45) is 12.8 Å². The Kier molecular flexibility index (Phi) is 3.42. The molecule has 0 saturated heterocycles. The maximum atomic E-state index is 12.1. The lowest BCUT2D eigenvalue weighted by atomic mass is 10.1. The van der Waals surface area contributed by atoms with Crippen LogP contribution in [-0.2, 0) is 7.05 Å². The van der Waals surface area contributed by atoms with Gasteiger partial charge in [0.25, 0.3) is 11.5 Å². The maximum Gasteiger partial charge on any atom is 0.267 e. The molecule has 3 rings (SSSR count). The van der Waals surface area contributed by atoms with Crippen molar-refractivity contribution in [1.29, 1.82) is 0 Å². The number of hydrogen-bond donors (Lipinski definition) is 2. The topological polar surface area (TPSA) is 85.3 Å². The summed E-state index contributed by atoms with van der Waals surface area (Å²) in [6.45, 7) is 0. The normalized spacial score (nSPS) is 11.0. The number of thiophene rings is 1. The number of aryl methyl sites for hydroxylation is 1. The van der Waals surface area contributed by atoms with Gasteiger partial charge < -0.3 is 15.4 Å². The number of nitrogens with zero attached hydrogens (tertiary/aromatic N) is 1. The third-order valence-corrected chi connectivity index (χ3v) is 4.92. The zero-order valence-electron chi connectivity index (χ0n) is 11.5. The zero-order valence-corrected chi connectivity index (χ0v) is 13.0. The lowest BCUT2D eigenvalue weighted by Crippen LogP contribution is -2.28. The van der Waals surface area contributed by atoms with E-state index in [1.54, 1.807) is 12.1 Å². The molecule has 7 heteroatoms. The summed E-state index contributed by atoms with van der Waals surface area (Å²) in [6.07, 6.45) is 0. The quantitative estimate of drug-likeness (QED) is 0.755. The van der Waals surface area contributed by atoms with E-state index in [1.807, 2.05) is 18.2 Å². The van der Waals surface area contributed by atoms with Crippen LogP contribution in [-0.4, -0.2) is 15.6 Å². The van der Waals surface area contributed by atoms with E-state index in [2.05, 4.69) is 0 Å². The smallest absolute Gasteiger partial charge is 0.267 e. The van der Waals surface area contributed by atoms with Gasteiger partial charge in [-0.2, -0.15) is 0 Å². The van der Waals surface area contributed by atoms with Gasteiger partial charge in [0, 0.05) is 22.5 Å². The summed E-state index contributed by atoms with van der Waals surface area (Å²) in [4.78, 5) is 24.3. The van der Waals surface area contributed by atoms with Crippen molar-refractivity contribution < 1.29 is 9.90 Å². The number of primary amides is 1. The Bertz CT molecular complexity index is 975. The molecule has 0 aliphatic carbocycles. The van der Waals surface area contributed by atoms with Crippen LogP contribution in [0.15, 0.2) is 35.1 Å². The number of amides is 1. The SMILES string of the molecule is Cn1c(=O)c(C(N)=O)c(O)c2sc(-c3ccccc3Cl)cc21. The third-order valence-electron chi connectivity index (χ3n) is 3.43. The molecule has 1 amide bonds. The Labute approximate surface area is 134 Å². The molecule has 0 radical (unpaired) electrons. The molecule has 3 aromatic rings. The highest BCUT2D eigenvalue weighted by Gasteiger charge is 2.21. The number of nitrogens with two attached hydrogens (primary N) is 1. The van der Waals surface area contributed by atoms with Crippen molar-refractivity contribution in [2.45, 2.75) is 0 Å². The molecular weight excluding hydrogens is 324 g/mol. The fourth-order valence-electron chi connectivity index (χ4n) is 2.31. The first kappa shape index (κ1) is 14.6. The van der Waals surface area contributed by atoms with Gasteiger partial charge in [0.2, 0.25) is 0 Å². The highest BCUT2D eigenvalue weighted by atomic mass is 35.5. The van der Waals surface area contributed by atoms with Crippen molar-refractivity contribution in [3.8, 4) is 16.2 Å². The van der Waals surface area contributed by atoms with Crippen molar-refractivity contribution >= 4 is 39.1 Å². The van der Waals surface area contributed by atoms with Crippen molar-refractivity contribution in [3.05, 3.63) is 51.3 Å². The molecule has 0 spiro atoms.